The summed E-state index contributed by atoms with van der Waals surface area (Å²) in [7, 11) is 0. The normalized spacial score (nSPS) is 12.5. The minimum Gasteiger partial charge on any atom is -0.481 e. The third kappa shape index (κ3) is 4.70. The van der Waals surface area contributed by atoms with Gasteiger partial charge in [-0.2, -0.15) is 5.10 Å². The lowest BCUT2D eigenvalue weighted by Crippen LogP contribution is -2.29. The number of hydrogen-bond acceptors (Lipinski definition) is 3. The molecule has 2 rings (SSSR count). The van der Waals surface area contributed by atoms with Crippen LogP contribution in [-0.4, -0.2) is 27.4 Å². The van der Waals surface area contributed by atoms with E-state index in [0.717, 1.165) is 11.3 Å². The minimum atomic E-state index is -0.727. The Balaban J connectivity index is 1.85. The third-order valence-corrected chi connectivity index (χ3v) is 3.53. The molecule has 0 spiro atoms. The summed E-state index contributed by atoms with van der Waals surface area (Å²) in [6.45, 7) is 5.25. The largest absolute Gasteiger partial charge is 0.481 e. The van der Waals surface area contributed by atoms with Gasteiger partial charge in [-0.15, -0.1) is 0 Å². The fourth-order valence-electron chi connectivity index (χ4n) is 2.42. The van der Waals surface area contributed by atoms with E-state index in [2.05, 4.69) is 10.4 Å². The van der Waals surface area contributed by atoms with Gasteiger partial charge in [0.1, 0.15) is 0 Å². The van der Waals surface area contributed by atoms with Gasteiger partial charge in [0.15, 0.2) is 0 Å². The minimum absolute atomic E-state index is 0.330. The Labute approximate surface area is 131 Å². The number of rotatable bonds is 8. The Morgan fingerprint density at radius 1 is 1.32 bits per heavy atom. The van der Waals surface area contributed by atoms with Crippen molar-refractivity contribution in [1.82, 2.24) is 15.1 Å². The van der Waals surface area contributed by atoms with Gasteiger partial charge >= 0.3 is 5.97 Å². The number of nitrogens with zero attached hydrogens (tertiary/aromatic N) is 2. The van der Waals surface area contributed by atoms with Crippen molar-refractivity contribution in [2.24, 2.45) is 11.8 Å². The molecule has 0 fully saturated rings. The number of benzene rings is 1. The van der Waals surface area contributed by atoms with E-state index in [-0.39, 0.29) is 5.92 Å². The summed E-state index contributed by atoms with van der Waals surface area (Å²) in [6.07, 6.45) is 4.34. The molecule has 0 saturated heterocycles. The molecule has 0 radical (unpaired) electrons. The van der Waals surface area contributed by atoms with E-state index in [0.29, 0.717) is 25.4 Å². The summed E-state index contributed by atoms with van der Waals surface area (Å²) in [4.78, 5) is 11.2. The number of aliphatic carboxylic acids is 1. The molecule has 1 atom stereocenters. The first-order chi connectivity index (χ1) is 10.6. The first-order valence-electron chi connectivity index (χ1n) is 7.58. The second-order valence-electron chi connectivity index (χ2n) is 5.91. The molecular formula is C17H23N3O2. The summed E-state index contributed by atoms with van der Waals surface area (Å²) in [5.74, 6) is -0.671. The predicted octanol–water partition coefficient (Wildman–Crippen LogP) is 2.71. The van der Waals surface area contributed by atoms with E-state index in [9.17, 15) is 9.90 Å². The Kier molecular flexibility index (Phi) is 5.72. The fourth-order valence-corrected chi connectivity index (χ4v) is 2.42. The monoisotopic (exact) mass is 301 g/mol. The summed E-state index contributed by atoms with van der Waals surface area (Å²) < 4.78 is 1.81. The molecule has 118 valence electrons. The molecule has 5 nitrogen and oxygen atoms in total. The number of carboxylic acids is 1. The Morgan fingerprint density at radius 2 is 2.05 bits per heavy atom. The number of carboxylic acid groups (broad SMARTS) is 1. The molecule has 0 aliphatic carbocycles. The number of nitrogens with one attached hydrogen (secondary N) is 1. The Morgan fingerprint density at radius 3 is 2.59 bits per heavy atom. The molecule has 1 aromatic carbocycles. The van der Waals surface area contributed by atoms with Crippen LogP contribution in [-0.2, 0) is 11.3 Å². The molecular weight excluding hydrogens is 278 g/mol. The van der Waals surface area contributed by atoms with Crippen LogP contribution in [0.25, 0.3) is 5.69 Å². The Bertz CT molecular complexity index is 576. The summed E-state index contributed by atoms with van der Waals surface area (Å²) in [5.41, 5.74) is 2.14. The van der Waals surface area contributed by atoms with Gasteiger partial charge in [-0.3, -0.25) is 4.79 Å². The van der Waals surface area contributed by atoms with Gasteiger partial charge in [0, 0.05) is 25.5 Å². The molecule has 1 unspecified atom stereocenters. The average Bonchev–Trinajstić information content (AvgIpc) is 3.00. The van der Waals surface area contributed by atoms with Crippen molar-refractivity contribution in [3.63, 3.8) is 0 Å². The van der Waals surface area contributed by atoms with Crippen LogP contribution in [0, 0.1) is 11.8 Å². The van der Waals surface area contributed by atoms with Gasteiger partial charge < -0.3 is 10.4 Å². The van der Waals surface area contributed by atoms with E-state index in [4.69, 9.17) is 0 Å². The van der Waals surface area contributed by atoms with Gasteiger partial charge in [-0.1, -0.05) is 26.0 Å². The van der Waals surface area contributed by atoms with Gasteiger partial charge in [0.05, 0.1) is 11.6 Å². The highest BCUT2D eigenvalue weighted by Gasteiger charge is 2.18. The van der Waals surface area contributed by atoms with Crippen molar-refractivity contribution in [2.45, 2.75) is 26.8 Å². The van der Waals surface area contributed by atoms with Crippen LogP contribution < -0.4 is 5.32 Å². The molecule has 2 aromatic rings. The van der Waals surface area contributed by atoms with Crippen molar-refractivity contribution >= 4 is 5.97 Å². The van der Waals surface area contributed by atoms with Gasteiger partial charge in [-0.05, 0) is 36.1 Å². The van der Waals surface area contributed by atoms with E-state index in [1.165, 1.54) is 0 Å². The van der Waals surface area contributed by atoms with Crippen molar-refractivity contribution < 1.29 is 9.90 Å². The quantitative estimate of drug-likeness (QED) is 0.786. The van der Waals surface area contributed by atoms with E-state index in [1.807, 2.05) is 50.4 Å². The lowest BCUT2D eigenvalue weighted by molar-refractivity contribution is -0.142. The highest BCUT2D eigenvalue weighted by atomic mass is 16.4. The van der Waals surface area contributed by atoms with Crippen LogP contribution in [0.15, 0.2) is 42.7 Å². The molecule has 0 saturated carbocycles. The smallest absolute Gasteiger partial charge is 0.307 e. The molecule has 1 aromatic heterocycles. The van der Waals surface area contributed by atoms with Crippen molar-refractivity contribution in [3.05, 3.63) is 48.3 Å². The highest BCUT2D eigenvalue weighted by molar-refractivity contribution is 5.70. The molecule has 0 aliphatic heterocycles. The van der Waals surface area contributed by atoms with Crippen LogP contribution in [0.1, 0.15) is 25.8 Å². The summed E-state index contributed by atoms with van der Waals surface area (Å²) in [6, 6.07) is 9.96. The first-order valence-corrected chi connectivity index (χ1v) is 7.58. The SMILES string of the molecule is CC(C)CC(CNCc1ccc(-n2cccn2)cc1)C(=O)O. The van der Waals surface area contributed by atoms with E-state index in [1.54, 1.807) is 10.9 Å². The fraction of sp³-hybridized carbons (Fsp3) is 0.412. The predicted molar refractivity (Wildman–Crippen MR) is 85.9 cm³/mol. The highest BCUT2D eigenvalue weighted by Crippen LogP contribution is 2.12. The first kappa shape index (κ1) is 16.2. The third-order valence-electron chi connectivity index (χ3n) is 3.53. The van der Waals surface area contributed by atoms with Crippen LogP contribution in [0.4, 0.5) is 0 Å². The van der Waals surface area contributed by atoms with Crippen LogP contribution in [0.3, 0.4) is 0 Å². The molecule has 5 heteroatoms. The molecule has 0 aliphatic rings. The second kappa shape index (κ2) is 7.75. The van der Waals surface area contributed by atoms with Gasteiger partial charge in [0.2, 0.25) is 0 Å². The lowest BCUT2D eigenvalue weighted by Gasteiger charge is -2.15. The number of hydrogen-bond donors (Lipinski definition) is 2. The maximum absolute atomic E-state index is 11.2. The lowest BCUT2D eigenvalue weighted by atomic mass is 9.97. The molecule has 2 N–H and O–H groups in total. The number of carbonyl (C=O) groups is 1. The molecule has 0 bridgehead atoms. The zero-order valence-corrected chi connectivity index (χ0v) is 13.1. The van der Waals surface area contributed by atoms with Crippen molar-refractivity contribution in [1.29, 1.82) is 0 Å². The van der Waals surface area contributed by atoms with E-state index < -0.39 is 5.97 Å². The average molecular weight is 301 g/mol. The second-order valence-corrected chi connectivity index (χ2v) is 5.91. The maximum Gasteiger partial charge on any atom is 0.307 e. The summed E-state index contributed by atoms with van der Waals surface area (Å²) >= 11 is 0. The zero-order valence-electron chi connectivity index (χ0n) is 13.1. The topological polar surface area (TPSA) is 67.2 Å². The molecule has 1 heterocycles. The van der Waals surface area contributed by atoms with Crippen LogP contribution in [0.2, 0.25) is 0 Å². The van der Waals surface area contributed by atoms with E-state index >= 15 is 0 Å². The standard InChI is InChI=1S/C17H23N3O2/c1-13(2)10-15(17(21)22)12-18-11-14-4-6-16(7-5-14)20-9-3-8-19-20/h3-9,13,15,18H,10-12H2,1-2H3,(H,21,22). The molecule has 0 amide bonds. The Hall–Kier alpha value is -2.14. The zero-order chi connectivity index (χ0) is 15.9. The van der Waals surface area contributed by atoms with Gasteiger partial charge in [0.25, 0.3) is 0 Å². The van der Waals surface area contributed by atoms with Crippen LogP contribution in [0.5, 0.6) is 0 Å². The maximum atomic E-state index is 11.2. The summed E-state index contributed by atoms with van der Waals surface area (Å²) in [5, 5.41) is 16.6. The van der Waals surface area contributed by atoms with Gasteiger partial charge in [-0.25, -0.2) is 4.68 Å². The van der Waals surface area contributed by atoms with Crippen molar-refractivity contribution in [2.75, 3.05) is 6.54 Å². The van der Waals surface area contributed by atoms with Crippen molar-refractivity contribution in [3.8, 4) is 5.69 Å². The number of aromatic nitrogens is 2. The van der Waals surface area contributed by atoms with Crippen LogP contribution >= 0.6 is 0 Å². The molecule has 22 heavy (non-hydrogen) atoms.